The summed E-state index contributed by atoms with van der Waals surface area (Å²) in [4.78, 5) is 12.5. The van der Waals surface area contributed by atoms with Crippen LogP contribution in [-0.4, -0.2) is 51.0 Å². The summed E-state index contributed by atoms with van der Waals surface area (Å²) in [6, 6.07) is 12.1. The zero-order valence-corrected chi connectivity index (χ0v) is 18.0. The Balaban J connectivity index is 1.30. The van der Waals surface area contributed by atoms with Crippen molar-refractivity contribution in [1.82, 2.24) is 14.8 Å². The smallest absolute Gasteiger partial charge is 0.234 e. The molecule has 10 heteroatoms. The first kappa shape index (κ1) is 20.7. The molecule has 1 fully saturated rings. The number of benzene rings is 2. The predicted octanol–water partition coefficient (Wildman–Crippen LogP) is 3.29. The van der Waals surface area contributed by atoms with E-state index in [-0.39, 0.29) is 30.3 Å². The number of aromatic hydroxyl groups is 1. The van der Waals surface area contributed by atoms with Crippen molar-refractivity contribution in [2.24, 2.45) is 0 Å². The van der Waals surface area contributed by atoms with E-state index in [1.54, 1.807) is 42.5 Å². The normalized spacial score (nSPS) is 16.9. The number of thioether (sulfide) groups is 1. The van der Waals surface area contributed by atoms with E-state index in [1.165, 1.54) is 11.8 Å². The van der Waals surface area contributed by atoms with Gasteiger partial charge < -0.3 is 24.6 Å². The van der Waals surface area contributed by atoms with Crippen molar-refractivity contribution in [3.8, 4) is 28.6 Å². The molecule has 0 saturated carbocycles. The van der Waals surface area contributed by atoms with Crippen LogP contribution in [0, 0.1) is 0 Å². The molecule has 166 valence electrons. The lowest BCUT2D eigenvalue weighted by Gasteiger charge is -2.14. The predicted molar refractivity (Wildman–Crippen MR) is 118 cm³/mol. The van der Waals surface area contributed by atoms with Gasteiger partial charge >= 0.3 is 0 Å². The molecule has 0 bridgehead atoms. The van der Waals surface area contributed by atoms with Crippen molar-refractivity contribution >= 4 is 23.4 Å². The van der Waals surface area contributed by atoms with Crippen LogP contribution in [0.1, 0.15) is 12.8 Å². The minimum atomic E-state index is -0.160. The second-order valence-electron chi connectivity index (χ2n) is 7.50. The molecule has 1 saturated heterocycles. The molecule has 3 heterocycles. The first-order chi connectivity index (χ1) is 15.7. The summed E-state index contributed by atoms with van der Waals surface area (Å²) in [7, 11) is 0. The number of rotatable bonds is 7. The number of carbonyl (C=O) groups is 1. The molecule has 1 atom stereocenters. The van der Waals surface area contributed by atoms with Crippen LogP contribution >= 0.6 is 11.8 Å². The number of nitrogens with zero attached hydrogens (tertiary/aromatic N) is 3. The number of phenols is 1. The van der Waals surface area contributed by atoms with Gasteiger partial charge in [0.1, 0.15) is 5.75 Å². The number of nitrogens with one attached hydrogen (secondary N) is 1. The zero-order chi connectivity index (χ0) is 21.9. The summed E-state index contributed by atoms with van der Waals surface area (Å²) in [5, 5.41) is 21.8. The molecule has 2 aliphatic rings. The molecule has 1 amide bonds. The average Bonchev–Trinajstić information content (AvgIpc) is 3.54. The number of hydrogen-bond acceptors (Lipinski definition) is 8. The third-order valence-corrected chi connectivity index (χ3v) is 6.21. The van der Waals surface area contributed by atoms with E-state index in [1.807, 2.05) is 4.57 Å². The number of amides is 1. The molecule has 0 aliphatic carbocycles. The number of carbonyl (C=O) groups excluding carboxylic acids is 1. The molecule has 5 rings (SSSR count). The SMILES string of the molecule is O=C(CSc1nnc(-c2ccc(O)cc2)n1C[C@@H]1CCCO1)Nc1ccc2c(c1)OCO2. The van der Waals surface area contributed by atoms with E-state index in [9.17, 15) is 9.90 Å². The molecule has 3 aromatic rings. The summed E-state index contributed by atoms with van der Waals surface area (Å²) in [6.07, 6.45) is 2.09. The second kappa shape index (κ2) is 9.09. The highest BCUT2D eigenvalue weighted by molar-refractivity contribution is 7.99. The highest BCUT2D eigenvalue weighted by Gasteiger charge is 2.22. The van der Waals surface area contributed by atoms with E-state index < -0.39 is 0 Å². The van der Waals surface area contributed by atoms with Gasteiger partial charge in [0.15, 0.2) is 22.5 Å². The maximum atomic E-state index is 12.5. The van der Waals surface area contributed by atoms with Gasteiger partial charge in [0, 0.05) is 23.9 Å². The molecule has 2 aliphatic heterocycles. The van der Waals surface area contributed by atoms with Crippen molar-refractivity contribution in [2.45, 2.75) is 30.6 Å². The molecular weight excluding hydrogens is 432 g/mol. The van der Waals surface area contributed by atoms with Gasteiger partial charge in [-0.05, 0) is 49.2 Å². The third kappa shape index (κ3) is 4.51. The maximum absolute atomic E-state index is 12.5. The van der Waals surface area contributed by atoms with Crippen LogP contribution in [0.25, 0.3) is 11.4 Å². The van der Waals surface area contributed by atoms with Crippen molar-refractivity contribution < 1.29 is 24.1 Å². The first-order valence-corrected chi connectivity index (χ1v) is 11.3. The van der Waals surface area contributed by atoms with E-state index in [4.69, 9.17) is 14.2 Å². The Morgan fingerprint density at radius 3 is 2.81 bits per heavy atom. The van der Waals surface area contributed by atoms with E-state index in [0.29, 0.717) is 34.7 Å². The van der Waals surface area contributed by atoms with Gasteiger partial charge in [-0.1, -0.05) is 11.8 Å². The third-order valence-electron chi connectivity index (χ3n) is 5.24. The highest BCUT2D eigenvalue weighted by atomic mass is 32.2. The Hall–Kier alpha value is -3.24. The van der Waals surface area contributed by atoms with Crippen molar-refractivity contribution in [3.05, 3.63) is 42.5 Å². The topological polar surface area (TPSA) is 108 Å². The van der Waals surface area contributed by atoms with Crippen LogP contribution in [0.3, 0.4) is 0 Å². The lowest BCUT2D eigenvalue weighted by molar-refractivity contribution is -0.113. The number of phenolic OH excluding ortho intramolecular Hbond substituents is 1. The Labute approximate surface area is 188 Å². The van der Waals surface area contributed by atoms with Crippen LogP contribution in [0.15, 0.2) is 47.6 Å². The van der Waals surface area contributed by atoms with E-state index >= 15 is 0 Å². The number of fused-ring (bicyclic) bond motifs is 1. The molecular formula is C22H22N4O5S. The maximum Gasteiger partial charge on any atom is 0.234 e. The highest BCUT2D eigenvalue weighted by Crippen LogP contribution is 2.34. The largest absolute Gasteiger partial charge is 0.508 e. The molecule has 1 aromatic heterocycles. The van der Waals surface area contributed by atoms with Gasteiger partial charge in [-0.2, -0.15) is 0 Å². The fraction of sp³-hybridized carbons (Fsp3) is 0.318. The lowest BCUT2D eigenvalue weighted by Crippen LogP contribution is -2.18. The van der Waals surface area contributed by atoms with Gasteiger partial charge in [0.05, 0.1) is 18.4 Å². The van der Waals surface area contributed by atoms with Crippen LogP contribution in [0.5, 0.6) is 17.2 Å². The first-order valence-electron chi connectivity index (χ1n) is 10.3. The summed E-state index contributed by atoms with van der Waals surface area (Å²) in [5.74, 6) is 2.17. The average molecular weight is 455 g/mol. The molecule has 0 radical (unpaired) electrons. The molecule has 0 spiro atoms. The summed E-state index contributed by atoms with van der Waals surface area (Å²) < 4.78 is 18.4. The number of ether oxygens (including phenoxy) is 3. The summed E-state index contributed by atoms with van der Waals surface area (Å²) >= 11 is 1.32. The second-order valence-corrected chi connectivity index (χ2v) is 8.45. The summed E-state index contributed by atoms with van der Waals surface area (Å²) in [6.45, 7) is 1.55. The fourth-order valence-electron chi connectivity index (χ4n) is 3.68. The number of anilines is 1. The van der Waals surface area contributed by atoms with Crippen molar-refractivity contribution in [1.29, 1.82) is 0 Å². The van der Waals surface area contributed by atoms with Crippen molar-refractivity contribution in [2.75, 3.05) is 24.5 Å². The van der Waals surface area contributed by atoms with Crippen LogP contribution < -0.4 is 14.8 Å². The fourth-order valence-corrected chi connectivity index (χ4v) is 4.43. The minimum absolute atomic E-state index is 0.0867. The minimum Gasteiger partial charge on any atom is -0.508 e. The molecule has 0 unspecified atom stereocenters. The zero-order valence-electron chi connectivity index (χ0n) is 17.2. The van der Waals surface area contributed by atoms with Gasteiger partial charge in [-0.3, -0.25) is 9.36 Å². The van der Waals surface area contributed by atoms with Gasteiger partial charge in [-0.15, -0.1) is 10.2 Å². The number of aromatic nitrogens is 3. The Morgan fingerprint density at radius 2 is 2.00 bits per heavy atom. The van der Waals surface area contributed by atoms with E-state index in [2.05, 4.69) is 15.5 Å². The quantitative estimate of drug-likeness (QED) is 0.524. The van der Waals surface area contributed by atoms with Crippen LogP contribution in [0.4, 0.5) is 5.69 Å². The van der Waals surface area contributed by atoms with Crippen LogP contribution in [0.2, 0.25) is 0 Å². The molecule has 32 heavy (non-hydrogen) atoms. The van der Waals surface area contributed by atoms with E-state index in [0.717, 1.165) is 25.0 Å². The Morgan fingerprint density at radius 1 is 1.16 bits per heavy atom. The molecule has 9 nitrogen and oxygen atoms in total. The van der Waals surface area contributed by atoms with Gasteiger partial charge in [0.25, 0.3) is 0 Å². The molecule has 2 aromatic carbocycles. The molecule has 2 N–H and O–H groups in total. The standard InChI is InChI=1S/C22H22N4O5S/c27-16-6-3-14(4-7-16)21-24-25-22(26(21)11-17-2-1-9-29-17)32-12-20(28)23-15-5-8-18-19(10-15)31-13-30-18/h3-8,10,17,27H,1-2,9,11-13H2,(H,23,28)/t17-/m0/s1. The lowest BCUT2D eigenvalue weighted by atomic mass is 10.2. The Bertz CT molecular complexity index is 1110. The van der Waals surface area contributed by atoms with Gasteiger partial charge in [0.2, 0.25) is 12.7 Å². The monoisotopic (exact) mass is 454 g/mol. The van der Waals surface area contributed by atoms with Crippen molar-refractivity contribution in [3.63, 3.8) is 0 Å². The Kier molecular flexibility index (Phi) is 5.87. The number of hydrogen-bond donors (Lipinski definition) is 2. The van der Waals surface area contributed by atoms with Gasteiger partial charge in [-0.25, -0.2) is 0 Å². The summed E-state index contributed by atoms with van der Waals surface area (Å²) in [5.41, 5.74) is 1.48. The van der Waals surface area contributed by atoms with Crippen LogP contribution in [-0.2, 0) is 16.1 Å².